The van der Waals surface area contributed by atoms with Crippen LogP contribution < -0.4 is 5.32 Å². The molecule has 0 saturated heterocycles. The molecule has 0 aromatic heterocycles. The molecule has 0 radical (unpaired) electrons. The molecule has 0 spiro atoms. The van der Waals surface area contributed by atoms with Crippen LogP contribution in [0.1, 0.15) is 46.0 Å². The first-order chi connectivity index (χ1) is 9.02. The average Bonchev–Trinajstić information content (AvgIpc) is 3.17. The fraction of sp³-hybridized carbons (Fsp3) is 0.857. The maximum Gasteiger partial charge on any atom is 0.317 e. The van der Waals surface area contributed by atoms with Gasteiger partial charge in [0, 0.05) is 26.1 Å². The van der Waals surface area contributed by atoms with Crippen LogP contribution in [0.4, 0.5) is 4.79 Å². The van der Waals surface area contributed by atoms with E-state index in [-0.39, 0.29) is 12.5 Å². The fourth-order valence-electron chi connectivity index (χ4n) is 2.02. The Morgan fingerprint density at radius 3 is 2.58 bits per heavy atom. The van der Waals surface area contributed by atoms with E-state index in [1.165, 1.54) is 12.8 Å². The zero-order valence-corrected chi connectivity index (χ0v) is 12.0. The normalized spacial score (nSPS) is 15.9. The summed E-state index contributed by atoms with van der Waals surface area (Å²) in [6.45, 7) is 6.27. The van der Waals surface area contributed by atoms with E-state index in [4.69, 9.17) is 5.11 Å². The molecule has 110 valence electrons. The van der Waals surface area contributed by atoms with Crippen LogP contribution >= 0.6 is 0 Å². The molecule has 1 unspecified atom stereocenters. The second-order valence-corrected chi connectivity index (χ2v) is 5.54. The van der Waals surface area contributed by atoms with Gasteiger partial charge < -0.3 is 15.3 Å². The van der Waals surface area contributed by atoms with E-state index in [9.17, 15) is 9.59 Å². The number of nitrogens with one attached hydrogen (secondary N) is 1. The smallest absolute Gasteiger partial charge is 0.317 e. The minimum atomic E-state index is -0.752. The number of hydrogen-bond donors (Lipinski definition) is 2. The third kappa shape index (κ3) is 7.03. The molecule has 0 bridgehead atoms. The lowest BCUT2D eigenvalue weighted by Gasteiger charge is -2.21. The summed E-state index contributed by atoms with van der Waals surface area (Å²) in [5.74, 6) is 0.285. The Morgan fingerprint density at radius 1 is 1.37 bits per heavy atom. The van der Waals surface area contributed by atoms with Gasteiger partial charge in [0.1, 0.15) is 0 Å². The van der Waals surface area contributed by atoms with Crippen molar-refractivity contribution in [2.75, 3.05) is 19.6 Å². The summed E-state index contributed by atoms with van der Waals surface area (Å²) in [6.07, 6.45) is 4.20. The molecule has 2 amide bonds. The lowest BCUT2D eigenvalue weighted by atomic mass is 10.0. The van der Waals surface area contributed by atoms with Crippen molar-refractivity contribution in [3.8, 4) is 0 Å². The second-order valence-electron chi connectivity index (χ2n) is 5.54. The van der Waals surface area contributed by atoms with Crippen LogP contribution in [0.15, 0.2) is 0 Å². The van der Waals surface area contributed by atoms with Crippen molar-refractivity contribution in [3.63, 3.8) is 0 Å². The Kier molecular flexibility index (Phi) is 6.67. The monoisotopic (exact) mass is 270 g/mol. The molecule has 0 aliphatic heterocycles. The first-order valence-electron chi connectivity index (χ1n) is 7.27. The van der Waals surface area contributed by atoms with Crippen molar-refractivity contribution in [1.82, 2.24) is 10.2 Å². The van der Waals surface area contributed by atoms with Gasteiger partial charge in [-0.05, 0) is 44.4 Å². The van der Waals surface area contributed by atoms with Crippen molar-refractivity contribution in [3.05, 3.63) is 0 Å². The molecule has 0 heterocycles. The number of carbonyl (C=O) groups is 2. The minimum absolute atomic E-state index is 0.0137. The van der Waals surface area contributed by atoms with Crippen molar-refractivity contribution in [2.45, 2.75) is 46.0 Å². The summed E-state index contributed by atoms with van der Waals surface area (Å²) in [4.78, 5) is 24.2. The number of carboxylic acid groups (broad SMARTS) is 1. The number of aliphatic carboxylic acids is 1. The Bertz CT molecular complexity index is 303. The highest BCUT2D eigenvalue weighted by molar-refractivity contribution is 5.74. The van der Waals surface area contributed by atoms with E-state index in [2.05, 4.69) is 5.32 Å². The van der Waals surface area contributed by atoms with Gasteiger partial charge in [-0.25, -0.2) is 4.79 Å². The summed E-state index contributed by atoms with van der Waals surface area (Å²) in [5, 5.41) is 11.5. The van der Waals surface area contributed by atoms with E-state index in [1.54, 1.807) is 0 Å². The van der Waals surface area contributed by atoms with Gasteiger partial charge in [-0.2, -0.15) is 0 Å². The molecule has 0 aromatic rings. The van der Waals surface area contributed by atoms with Crippen LogP contribution in [0.2, 0.25) is 0 Å². The lowest BCUT2D eigenvalue weighted by Crippen LogP contribution is -2.41. The lowest BCUT2D eigenvalue weighted by molar-refractivity contribution is -0.137. The first kappa shape index (κ1) is 15.8. The van der Waals surface area contributed by atoms with Crippen LogP contribution in [0.5, 0.6) is 0 Å². The molecule has 19 heavy (non-hydrogen) atoms. The summed E-state index contributed by atoms with van der Waals surface area (Å²) in [6, 6.07) is 0.0137. The molecule has 5 nitrogen and oxygen atoms in total. The summed E-state index contributed by atoms with van der Waals surface area (Å²) >= 11 is 0. The average molecular weight is 270 g/mol. The van der Waals surface area contributed by atoms with E-state index >= 15 is 0 Å². The van der Waals surface area contributed by atoms with Crippen LogP contribution in [-0.2, 0) is 4.79 Å². The van der Waals surface area contributed by atoms with Gasteiger partial charge in [0.25, 0.3) is 0 Å². The Hall–Kier alpha value is -1.26. The van der Waals surface area contributed by atoms with Gasteiger partial charge in [-0.15, -0.1) is 0 Å². The summed E-state index contributed by atoms with van der Waals surface area (Å²) < 4.78 is 0. The molecular formula is C14H26N2O3. The van der Waals surface area contributed by atoms with E-state index in [0.29, 0.717) is 24.8 Å². The van der Waals surface area contributed by atoms with Crippen LogP contribution in [0, 0.1) is 11.8 Å². The van der Waals surface area contributed by atoms with Gasteiger partial charge in [0.2, 0.25) is 0 Å². The molecule has 1 fully saturated rings. The standard InChI is InChI=1S/C14H26N2O3/c1-3-16(10-12-5-6-12)14(19)15-9-8-11(2)4-7-13(17)18/h11-12H,3-10H2,1-2H3,(H,15,19)(H,17,18). The highest BCUT2D eigenvalue weighted by atomic mass is 16.4. The zero-order valence-electron chi connectivity index (χ0n) is 12.0. The third-order valence-corrected chi connectivity index (χ3v) is 3.61. The van der Waals surface area contributed by atoms with Gasteiger partial charge in [0.05, 0.1) is 0 Å². The number of nitrogens with zero attached hydrogens (tertiary/aromatic N) is 1. The highest BCUT2D eigenvalue weighted by Gasteiger charge is 2.25. The first-order valence-corrected chi connectivity index (χ1v) is 7.27. The SMILES string of the molecule is CCN(CC1CC1)C(=O)NCCC(C)CCC(=O)O. The number of rotatable bonds is 9. The van der Waals surface area contributed by atoms with Gasteiger partial charge in [-0.3, -0.25) is 4.79 Å². The molecule has 1 saturated carbocycles. The molecule has 0 aromatic carbocycles. The van der Waals surface area contributed by atoms with Gasteiger partial charge in [0.15, 0.2) is 0 Å². The predicted octanol–water partition coefficient (Wildman–Crippen LogP) is 2.32. The maximum absolute atomic E-state index is 11.9. The molecule has 5 heteroatoms. The van der Waals surface area contributed by atoms with E-state index in [0.717, 1.165) is 19.5 Å². The van der Waals surface area contributed by atoms with Crippen molar-refractivity contribution >= 4 is 12.0 Å². The van der Waals surface area contributed by atoms with Crippen molar-refractivity contribution in [2.24, 2.45) is 11.8 Å². The number of urea groups is 1. The molecule has 1 aliphatic rings. The Balaban J connectivity index is 2.12. The molecule has 1 aliphatic carbocycles. The number of carbonyl (C=O) groups excluding carboxylic acids is 1. The maximum atomic E-state index is 11.9. The highest BCUT2D eigenvalue weighted by Crippen LogP contribution is 2.29. The van der Waals surface area contributed by atoms with E-state index in [1.807, 2.05) is 18.7 Å². The topological polar surface area (TPSA) is 69.6 Å². The summed E-state index contributed by atoms with van der Waals surface area (Å²) in [7, 11) is 0. The number of amides is 2. The van der Waals surface area contributed by atoms with Crippen LogP contribution in [0.3, 0.4) is 0 Å². The minimum Gasteiger partial charge on any atom is -0.481 e. The predicted molar refractivity (Wildman–Crippen MR) is 74.0 cm³/mol. The number of hydrogen-bond acceptors (Lipinski definition) is 2. The van der Waals surface area contributed by atoms with Crippen molar-refractivity contribution < 1.29 is 14.7 Å². The van der Waals surface area contributed by atoms with Gasteiger partial charge >= 0.3 is 12.0 Å². The van der Waals surface area contributed by atoms with Gasteiger partial charge in [-0.1, -0.05) is 6.92 Å². The van der Waals surface area contributed by atoms with Crippen molar-refractivity contribution in [1.29, 1.82) is 0 Å². The van der Waals surface area contributed by atoms with Crippen LogP contribution in [0.25, 0.3) is 0 Å². The molecule has 2 N–H and O–H groups in total. The quantitative estimate of drug-likeness (QED) is 0.675. The molecule has 1 rings (SSSR count). The number of carboxylic acids is 1. The molecule has 1 atom stereocenters. The van der Waals surface area contributed by atoms with Crippen LogP contribution in [-0.4, -0.2) is 41.6 Å². The Morgan fingerprint density at radius 2 is 2.05 bits per heavy atom. The molecular weight excluding hydrogens is 244 g/mol. The fourth-order valence-corrected chi connectivity index (χ4v) is 2.02. The van der Waals surface area contributed by atoms with E-state index < -0.39 is 5.97 Å². The zero-order chi connectivity index (χ0) is 14.3. The summed E-state index contributed by atoms with van der Waals surface area (Å²) in [5.41, 5.74) is 0. The largest absolute Gasteiger partial charge is 0.481 e. The second kappa shape index (κ2) is 8.02. The Labute approximate surface area is 115 Å². The third-order valence-electron chi connectivity index (χ3n) is 3.61.